The summed E-state index contributed by atoms with van der Waals surface area (Å²) in [5, 5.41) is 11.1. The third kappa shape index (κ3) is 4.80. The molecule has 0 fully saturated rings. The van der Waals surface area contributed by atoms with Gasteiger partial charge in [-0.05, 0) is 29.1 Å². The van der Waals surface area contributed by atoms with Crippen LogP contribution in [0.1, 0.15) is 0 Å². The average Bonchev–Trinajstić information content (AvgIpc) is 3.23. The van der Waals surface area contributed by atoms with Gasteiger partial charge < -0.3 is 15.7 Å². The van der Waals surface area contributed by atoms with E-state index in [9.17, 15) is 0 Å². The third-order valence-electron chi connectivity index (χ3n) is 5.80. The minimum Gasteiger partial charge on any atom is -0.705 e. The van der Waals surface area contributed by atoms with Gasteiger partial charge in [0.05, 0.1) is 0 Å². The summed E-state index contributed by atoms with van der Waals surface area (Å²) in [6.07, 6.45) is 3.46. The second-order valence-electron chi connectivity index (χ2n) is 7.80. The van der Waals surface area contributed by atoms with Gasteiger partial charge >= 0.3 is 29.6 Å². The zero-order valence-corrected chi connectivity index (χ0v) is 21.5. The summed E-state index contributed by atoms with van der Waals surface area (Å²) < 4.78 is 2.32. The Balaban J connectivity index is 0.000000441. The number of para-hydroxylation sites is 2. The van der Waals surface area contributed by atoms with Crippen molar-refractivity contribution in [2.24, 2.45) is 0 Å². The van der Waals surface area contributed by atoms with E-state index in [1.807, 2.05) is 12.1 Å². The van der Waals surface area contributed by atoms with Gasteiger partial charge in [-0.25, -0.2) is 0 Å². The number of allylic oxidation sites excluding steroid dienone is 1. The molecule has 0 saturated carbocycles. The van der Waals surface area contributed by atoms with Crippen LogP contribution in [0.5, 0.6) is 0 Å². The molecule has 6 aromatic rings. The predicted molar refractivity (Wildman–Crippen MR) is 144 cm³/mol. The number of hydrogen-bond acceptors (Lipinski definition) is 1. The molecule has 0 saturated heterocycles. The minimum atomic E-state index is 0. The number of fused-ring (bicyclic) bond motifs is 4. The first-order valence-corrected chi connectivity index (χ1v) is 11.0. The van der Waals surface area contributed by atoms with E-state index in [0.29, 0.717) is 0 Å². The summed E-state index contributed by atoms with van der Waals surface area (Å²) in [5.41, 5.74) is 12.1. The van der Waals surface area contributed by atoms with Crippen molar-refractivity contribution in [3.8, 4) is 16.8 Å². The molecule has 0 amide bonds. The Hall–Kier alpha value is -3.63. The van der Waals surface area contributed by atoms with Crippen LogP contribution in [-0.2, 0) is 0 Å². The number of hydrogen-bond donors (Lipinski definition) is 1. The molecule has 0 unspecified atom stereocenters. The maximum atomic E-state index is 6.27. The first-order chi connectivity index (χ1) is 16.8. The van der Waals surface area contributed by atoms with Gasteiger partial charge in [0.1, 0.15) is 0 Å². The third-order valence-corrected chi connectivity index (χ3v) is 5.80. The van der Waals surface area contributed by atoms with Crippen molar-refractivity contribution in [3.05, 3.63) is 133 Å². The number of nitrogens with one attached hydrogen (secondary N) is 2. The Kier molecular flexibility index (Phi) is 7.84. The second-order valence-corrected chi connectivity index (χ2v) is 7.80. The number of benzene rings is 5. The standard InChI is InChI=1S/C28H17N.C3H5N2.Na/c1-2-11-22(12-3-1)29-27-16-7-6-14-25(27)26-19-21(17-18-28(26)29)24-15-8-10-20-9-4-5-13-23(20)24;4-2-1-3-5;/h1-12,14-16,18-19H;1-5H;/q-2;-1;+1/b;2-1-,5-3?;. The molecular formula is C31H22N3Na-2. The largest absolute Gasteiger partial charge is 1.00 e. The van der Waals surface area contributed by atoms with Gasteiger partial charge in [0.2, 0.25) is 0 Å². The van der Waals surface area contributed by atoms with Crippen molar-refractivity contribution in [2.75, 3.05) is 0 Å². The topological polar surface area (TPSA) is 52.6 Å². The van der Waals surface area contributed by atoms with Gasteiger partial charge in [0.15, 0.2) is 0 Å². The Morgan fingerprint density at radius 1 is 0.771 bits per heavy atom. The van der Waals surface area contributed by atoms with Gasteiger partial charge in [-0.1, -0.05) is 66.1 Å². The molecule has 0 aliphatic heterocycles. The minimum absolute atomic E-state index is 0. The molecule has 6 rings (SSSR count). The molecule has 0 bridgehead atoms. The van der Waals surface area contributed by atoms with Crippen LogP contribution in [0, 0.1) is 17.5 Å². The van der Waals surface area contributed by atoms with Gasteiger partial charge in [-0.15, -0.1) is 64.4 Å². The van der Waals surface area contributed by atoms with Crippen molar-refractivity contribution < 1.29 is 29.6 Å². The molecule has 35 heavy (non-hydrogen) atoms. The first-order valence-electron chi connectivity index (χ1n) is 11.0. The Morgan fingerprint density at radius 2 is 1.54 bits per heavy atom. The van der Waals surface area contributed by atoms with Crippen molar-refractivity contribution in [1.29, 1.82) is 5.41 Å². The molecule has 164 valence electrons. The Morgan fingerprint density at radius 3 is 2.31 bits per heavy atom. The fourth-order valence-electron chi connectivity index (χ4n) is 4.35. The first kappa shape index (κ1) is 24.5. The molecule has 3 nitrogen and oxygen atoms in total. The molecule has 0 aliphatic rings. The molecular weight excluding hydrogens is 437 g/mol. The zero-order valence-electron chi connectivity index (χ0n) is 19.5. The molecule has 2 N–H and O–H groups in total. The fraction of sp³-hybridized carbons (Fsp3) is 0. The van der Waals surface area contributed by atoms with Crippen LogP contribution in [0.3, 0.4) is 0 Å². The fourth-order valence-corrected chi connectivity index (χ4v) is 4.35. The van der Waals surface area contributed by atoms with Crippen LogP contribution >= 0.6 is 0 Å². The number of nitrogens with zero attached hydrogens (tertiary/aromatic N) is 1. The Bertz CT molecular complexity index is 1630. The van der Waals surface area contributed by atoms with Gasteiger partial charge in [-0.2, -0.15) is 6.20 Å². The maximum Gasteiger partial charge on any atom is 1.00 e. The summed E-state index contributed by atoms with van der Waals surface area (Å²) in [5.74, 6) is 0. The summed E-state index contributed by atoms with van der Waals surface area (Å²) in [6.45, 7) is 0. The summed E-state index contributed by atoms with van der Waals surface area (Å²) in [4.78, 5) is 0. The van der Waals surface area contributed by atoms with Crippen molar-refractivity contribution in [3.63, 3.8) is 0 Å². The van der Waals surface area contributed by atoms with Crippen LogP contribution in [0.4, 0.5) is 0 Å². The molecule has 0 radical (unpaired) electrons. The summed E-state index contributed by atoms with van der Waals surface area (Å²) >= 11 is 0. The molecule has 0 spiro atoms. The van der Waals surface area contributed by atoms with E-state index in [-0.39, 0.29) is 29.6 Å². The van der Waals surface area contributed by atoms with E-state index in [0.717, 1.165) is 23.4 Å². The zero-order chi connectivity index (χ0) is 23.3. The SMILES string of the molecule is N=C/C=C\[NH-].[Na+].[c-]1cc2c(cc1-c1cccc3ccc[c-]c13)c1ccccc1n2-c1ccccc1. The van der Waals surface area contributed by atoms with E-state index in [2.05, 4.69) is 108 Å². The number of aromatic nitrogens is 1. The van der Waals surface area contributed by atoms with Crippen LogP contribution in [-0.4, -0.2) is 10.8 Å². The monoisotopic (exact) mass is 459 g/mol. The molecule has 0 atom stereocenters. The van der Waals surface area contributed by atoms with Crippen LogP contribution in [0.2, 0.25) is 0 Å². The Labute approximate surface area is 227 Å². The number of rotatable bonds is 3. The molecule has 4 heteroatoms. The maximum absolute atomic E-state index is 6.27. The van der Waals surface area contributed by atoms with Gasteiger partial charge in [-0.3, -0.25) is 0 Å². The van der Waals surface area contributed by atoms with Crippen molar-refractivity contribution in [1.82, 2.24) is 4.57 Å². The summed E-state index contributed by atoms with van der Waals surface area (Å²) in [7, 11) is 0. The van der Waals surface area contributed by atoms with E-state index >= 15 is 0 Å². The van der Waals surface area contributed by atoms with Crippen LogP contribution < -0.4 is 29.6 Å². The van der Waals surface area contributed by atoms with E-state index in [1.54, 1.807) is 0 Å². The van der Waals surface area contributed by atoms with Crippen molar-refractivity contribution in [2.45, 2.75) is 0 Å². The smallest absolute Gasteiger partial charge is 0.705 e. The van der Waals surface area contributed by atoms with Crippen LogP contribution in [0.15, 0.2) is 115 Å². The summed E-state index contributed by atoms with van der Waals surface area (Å²) in [6, 6.07) is 43.0. The normalized spacial score (nSPS) is 10.7. The average molecular weight is 460 g/mol. The molecule has 5 aromatic carbocycles. The predicted octanol–water partition coefficient (Wildman–Crippen LogP) is 5.41. The molecule has 1 aromatic heterocycles. The quantitative estimate of drug-likeness (QED) is 0.209. The second kappa shape index (κ2) is 11.2. The molecule has 0 aliphatic carbocycles. The van der Waals surface area contributed by atoms with E-state index < -0.39 is 0 Å². The van der Waals surface area contributed by atoms with Crippen LogP contribution in [0.25, 0.3) is 55.1 Å². The van der Waals surface area contributed by atoms with Crippen molar-refractivity contribution >= 4 is 38.8 Å². The molecule has 1 heterocycles. The van der Waals surface area contributed by atoms with E-state index in [4.69, 9.17) is 11.1 Å². The van der Waals surface area contributed by atoms with Gasteiger partial charge in [0, 0.05) is 17.4 Å². The van der Waals surface area contributed by atoms with E-state index in [1.165, 1.54) is 44.5 Å². The van der Waals surface area contributed by atoms with Gasteiger partial charge in [0.25, 0.3) is 0 Å².